The molecule has 0 aromatic carbocycles. The molecule has 0 aromatic rings. The molecule has 2 N–H and O–H groups in total. The van der Waals surface area contributed by atoms with Crippen molar-refractivity contribution in [3.8, 4) is 0 Å². The van der Waals surface area contributed by atoms with Gasteiger partial charge in [-0.05, 0) is 45.7 Å². The van der Waals surface area contributed by atoms with E-state index in [0.717, 1.165) is 38.8 Å². The molecule has 2 saturated heterocycles. The lowest BCUT2D eigenvalue weighted by atomic mass is 9.81. The number of nitrogens with zero attached hydrogens (tertiary/aromatic N) is 1. The van der Waals surface area contributed by atoms with E-state index in [1.165, 1.54) is 0 Å². The molecule has 3 atom stereocenters. The average molecular weight is 226 g/mol. The maximum Gasteiger partial charge on any atom is 0.310 e. The molecule has 16 heavy (non-hydrogen) atoms. The van der Waals surface area contributed by atoms with Crippen LogP contribution in [0, 0.1) is 5.92 Å². The summed E-state index contributed by atoms with van der Waals surface area (Å²) < 4.78 is 5.16. The van der Waals surface area contributed by atoms with Crippen molar-refractivity contribution in [3.63, 3.8) is 0 Å². The first-order chi connectivity index (χ1) is 7.74. The van der Waals surface area contributed by atoms with Crippen LogP contribution in [0.25, 0.3) is 0 Å². The molecule has 2 aliphatic heterocycles. The molecule has 4 heteroatoms. The Morgan fingerprint density at radius 2 is 2.06 bits per heavy atom. The molecular formula is C12H22N2O2. The summed E-state index contributed by atoms with van der Waals surface area (Å²) in [7, 11) is 0. The monoisotopic (exact) mass is 226 g/mol. The number of piperidine rings is 2. The smallest absolute Gasteiger partial charge is 0.310 e. The Bertz CT molecular complexity index is 255. The van der Waals surface area contributed by atoms with Crippen LogP contribution in [0.1, 0.15) is 32.6 Å². The van der Waals surface area contributed by atoms with Crippen LogP contribution in [-0.4, -0.2) is 42.6 Å². The molecule has 0 spiro atoms. The molecule has 0 aliphatic carbocycles. The highest BCUT2D eigenvalue weighted by Gasteiger charge is 2.41. The van der Waals surface area contributed by atoms with Gasteiger partial charge in [0.25, 0.3) is 0 Å². The quantitative estimate of drug-likeness (QED) is 0.706. The van der Waals surface area contributed by atoms with E-state index in [0.29, 0.717) is 6.61 Å². The Hall–Kier alpha value is -0.610. The zero-order chi connectivity index (χ0) is 11.5. The fourth-order valence-corrected chi connectivity index (χ4v) is 3.13. The number of carbonyl (C=O) groups is 1. The molecule has 4 nitrogen and oxygen atoms in total. The first kappa shape index (κ1) is 11.9. The normalized spacial score (nSPS) is 35.5. The van der Waals surface area contributed by atoms with Gasteiger partial charge in [-0.3, -0.25) is 9.69 Å². The number of carbonyl (C=O) groups excluding carboxylic acids is 1. The topological polar surface area (TPSA) is 55.6 Å². The van der Waals surface area contributed by atoms with Crippen molar-refractivity contribution in [2.45, 2.75) is 44.7 Å². The van der Waals surface area contributed by atoms with Crippen LogP contribution in [0.4, 0.5) is 0 Å². The third kappa shape index (κ3) is 2.23. The summed E-state index contributed by atoms with van der Waals surface area (Å²) in [6, 6.07) is 0.366. The van der Waals surface area contributed by atoms with Crippen LogP contribution in [0.2, 0.25) is 0 Å². The van der Waals surface area contributed by atoms with E-state index in [4.69, 9.17) is 10.5 Å². The predicted molar refractivity (Wildman–Crippen MR) is 61.9 cm³/mol. The van der Waals surface area contributed by atoms with E-state index in [1.54, 1.807) is 0 Å². The van der Waals surface area contributed by atoms with Gasteiger partial charge in [-0.25, -0.2) is 0 Å². The number of ether oxygens (including phenoxy) is 1. The SMILES string of the molecule is CCOC(=O)[C@@H]1CCCN2CCC[C@H](N)[C@@H]12. The lowest BCUT2D eigenvalue weighted by Gasteiger charge is -2.46. The van der Waals surface area contributed by atoms with Gasteiger partial charge in [0.15, 0.2) is 0 Å². The maximum absolute atomic E-state index is 11.9. The van der Waals surface area contributed by atoms with E-state index < -0.39 is 0 Å². The number of hydrogen-bond acceptors (Lipinski definition) is 4. The molecule has 92 valence electrons. The van der Waals surface area contributed by atoms with Crippen LogP contribution in [-0.2, 0) is 9.53 Å². The minimum Gasteiger partial charge on any atom is -0.466 e. The van der Waals surface area contributed by atoms with E-state index >= 15 is 0 Å². The molecule has 0 bridgehead atoms. The second-order valence-electron chi connectivity index (χ2n) is 4.83. The molecule has 2 heterocycles. The van der Waals surface area contributed by atoms with Gasteiger partial charge in [0.2, 0.25) is 0 Å². The first-order valence-corrected chi connectivity index (χ1v) is 6.40. The molecular weight excluding hydrogens is 204 g/mol. The lowest BCUT2D eigenvalue weighted by molar-refractivity contribution is -0.153. The summed E-state index contributed by atoms with van der Waals surface area (Å²) >= 11 is 0. The summed E-state index contributed by atoms with van der Waals surface area (Å²) in [5.41, 5.74) is 6.16. The van der Waals surface area contributed by atoms with E-state index in [9.17, 15) is 4.79 Å². The van der Waals surface area contributed by atoms with E-state index in [2.05, 4.69) is 4.90 Å². The van der Waals surface area contributed by atoms with Crippen LogP contribution in [0.3, 0.4) is 0 Å². The van der Waals surface area contributed by atoms with Crippen molar-refractivity contribution in [1.82, 2.24) is 4.90 Å². The highest BCUT2D eigenvalue weighted by molar-refractivity contribution is 5.73. The number of fused-ring (bicyclic) bond motifs is 1. The van der Waals surface area contributed by atoms with E-state index in [1.807, 2.05) is 6.92 Å². The van der Waals surface area contributed by atoms with Gasteiger partial charge in [-0.15, -0.1) is 0 Å². The van der Waals surface area contributed by atoms with Crippen molar-refractivity contribution < 1.29 is 9.53 Å². The Morgan fingerprint density at radius 1 is 1.38 bits per heavy atom. The molecule has 2 rings (SSSR count). The van der Waals surface area contributed by atoms with Gasteiger partial charge in [-0.1, -0.05) is 0 Å². The second kappa shape index (κ2) is 5.15. The minimum absolute atomic E-state index is 0.00370. The fraction of sp³-hybridized carbons (Fsp3) is 0.917. The maximum atomic E-state index is 11.9. The van der Waals surface area contributed by atoms with Crippen molar-refractivity contribution in [2.24, 2.45) is 11.7 Å². The zero-order valence-corrected chi connectivity index (χ0v) is 10.0. The van der Waals surface area contributed by atoms with Gasteiger partial charge in [-0.2, -0.15) is 0 Å². The number of rotatable bonds is 2. The number of nitrogens with two attached hydrogens (primary N) is 1. The van der Waals surface area contributed by atoms with Gasteiger partial charge in [0.1, 0.15) is 0 Å². The summed E-state index contributed by atoms with van der Waals surface area (Å²) in [4.78, 5) is 14.3. The Balaban J connectivity index is 2.07. The highest BCUT2D eigenvalue weighted by Crippen LogP contribution is 2.31. The standard InChI is InChI=1S/C12H22N2O2/c1-2-16-12(15)9-5-3-7-14-8-4-6-10(13)11(9)14/h9-11H,2-8,13H2,1H3/t9-,10+,11-/m1/s1. The third-order valence-electron chi connectivity index (χ3n) is 3.81. The molecule has 0 aromatic heterocycles. The first-order valence-electron chi connectivity index (χ1n) is 6.40. The molecule has 2 fully saturated rings. The van der Waals surface area contributed by atoms with Crippen LogP contribution < -0.4 is 5.73 Å². The van der Waals surface area contributed by atoms with Crippen molar-refractivity contribution in [2.75, 3.05) is 19.7 Å². The second-order valence-corrected chi connectivity index (χ2v) is 4.83. The zero-order valence-electron chi connectivity index (χ0n) is 10.0. The van der Waals surface area contributed by atoms with Gasteiger partial charge in [0, 0.05) is 12.1 Å². The Labute approximate surface area is 97.1 Å². The van der Waals surface area contributed by atoms with Gasteiger partial charge < -0.3 is 10.5 Å². The number of esters is 1. The summed E-state index contributed by atoms with van der Waals surface area (Å²) in [6.45, 7) is 4.51. The van der Waals surface area contributed by atoms with Crippen LogP contribution in [0.15, 0.2) is 0 Å². The number of hydrogen-bond donors (Lipinski definition) is 1. The fourth-order valence-electron chi connectivity index (χ4n) is 3.13. The van der Waals surface area contributed by atoms with Crippen molar-refractivity contribution in [3.05, 3.63) is 0 Å². The Kier molecular flexibility index (Phi) is 3.82. The summed E-state index contributed by atoms with van der Waals surface area (Å²) in [6.07, 6.45) is 4.23. The molecule has 0 saturated carbocycles. The molecule has 0 radical (unpaired) electrons. The van der Waals surface area contributed by atoms with Crippen LogP contribution in [0.5, 0.6) is 0 Å². The Morgan fingerprint density at radius 3 is 2.75 bits per heavy atom. The highest BCUT2D eigenvalue weighted by atomic mass is 16.5. The van der Waals surface area contributed by atoms with E-state index in [-0.39, 0.29) is 24.0 Å². The van der Waals surface area contributed by atoms with Crippen LogP contribution >= 0.6 is 0 Å². The van der Waals surface area contributed by atoms with Crippen molar-refractivity contribution >= 4 is 5.97 Å². The molecule has 0 unspecified atom stereocenters. The minimum atomic E-state index is -0.0467. The molecule has 2 aliphatic rings. The van der Waals surface area contributed by atoms with Crippen molar-refractivity contribution in [1.29, 1.82) is 0 Å². The van der Waals surface area contributed by atoms with Gasteiger partial charge in [0.05, 0.1) is 12.5 Å². The van der Waals surface area contributed by atoms with Gasteiger partial charge >= 0.3 is 5.97 Å². The predicted octanol–water partition coefficient (Wildman–Crippen LogP) is 0.751. The lowest BCUT2D eigenvalue weighted by Crippen LogP contribution is -2.59. The third-order valence-corrected chi connectivity index (χ3v) is 3.81. The summed E-state index contributed by atoms with van der Waals surface area (Å²) in [5.74, 6) is -0.0430. The largest absolute Gasteiger partial charge is 0.466 e. The average Bonchev–Trinajstić information content (AvgIpc) is 2.29. The summed E-state index contributed by atoms with van der Waals surface area (Å²) in [5, 5.41) is 0. The molecule has 0 amide bonds.